The summed E-state index contributed by atoms with van der Waals surface area (Å²) in [7, 11) is 0. The summed E-state index contributed by atoms with van der Waals surface area (Å²) >= 11 is 0. The van der Waals surface area contributed by atoms with Crippen molar-refractivity contribution in [2.24, 2.45) is 5.92 Å². The van der Waals surface area contributed by atoms with Crippen LogP contribution in [-0.2, 0) is 4.74 Å². The molecule has 0 N–H and O–H groups in total. The minimum Gasteiger partial charge on any atom is -0.492 e. The van der Waals surface area contributed by atoms with E-state index in [-0.39, 0.29) is 17.4 Å². The fourth-order valence-electron chi connectivity index (χ4n) is 3.22. The molecule has 1 unspecified atom stereocenters. The summed E-state index contributed by atoms with van der Waals surface area (Å²) in [5, 5.41) is 0. The van der Waals surface area contributed by atoms with Crippen molar-refractivity contribution >= 4 is 5.91 Å². The van der Waals surface area contributed by atoms with Crippen LogP contribution in [0.1, 0.15) is 16.9 Å². The Hall–Kier alpha value is -2.41. The maximum atomic E-state index is 12.2. The van der Waals surface area contributed by atoms with Crippen molar-refractivity contribution < 1.29 is 18.7 Å². The van der Waals surface area contributed by atoms with Gasteiger partial charge in [0.2, 0.25) is 0 Å². The number of nitrogens with zero attached hydrogens (tertiary/aromatic N) is 3. The van der Waals surface area contributed by atoms with Crippen molar-refractivity contribution in [3.8, 4) is 5.75 Å². The van der Waals surface area contributed by atoms with Gasteiger partial charge in [-0.15, -0.1) is 0 Å². The van der Waals surface area contributed by atoms with Gasteiger partial charge in [-0.05, 0) is 18.6 Å². The third-order valence-corrected chi connectivity index (χ3v) is 4.54. The number of amides is 1. The third kappa shape index (κ3) is 2.57. The SMILES string of the molecule is O=C(c1cocn1)N1CC2(C1)OCCC2COc1cccnc1. The number of ether oxygens (including phenoxy) is 2. The minimum atomic E-state index is -0.290. The van der Waals surface area contributed by atoms with E-state index in [0.717, 1.165) is 12.2 Å². The molecule has 0 aliphatic carbocycles. The van der Waals surface area contributed by atoms with Crippen molar-refractivity contribution in [2.75, 3.05) is 26.3 Å². The van der Waals surface area contributed by atoms with Crippen LogP contribution in [0.3, 0.4) is 0 Å². The molecule has 2 aromatic rings. The Bertz CT molecular complexity index is 668. The molecule has 1 amide bonds. The molecular weight excluding hydrogens is 298 g/mol. The van der Waals surface area contributed by atoms with Crippen molar-refractivity contribution in [3.05, 3.63) is 42.9 Å². The summed E-state index contributed by atoms with van der Waals surface area (Å²) < 4.78 is 16.6. The molecule has 0 saturated carbocycles. The summed E-state index contributed by atoms with van der Waals surface area (Å²) in [6.45, 7) is 2.41. The van der Waals surface area contributed by atoms with Crippen LogP contribution in [0.4, 0.5) is 0 Å². The lowest BCUT2D eigenvalue weighted by Gasteiger charge is -2.49. The number of carbonyl (C=O) groups excluding carboxylic acids is 1. The van der Waals surface area contributed by atoms with Crippen LogP contribution >= 0.6 is 0 Å². The lowest BCUT2D eigenvalue weighted by atomic mass is 9.81. The number of aromatic nitrogens is 2. The molecule has 0 radical (unpaired) electrons. The van der Waals surface area contributed by atoms with E-state index in [0.29, 0.717) is 32.0 Å². The maximum Gasteiger partial charge on any atom is 0.276 e. The Balaban J connectivity index is 1.36. The topological polar surface area (TPSA) is 77.7 Å². The van der Waals surface area contributed by atoms with Crippen LogP contribution in [0.15, 0.2) is 41.6 Å². The van der Waals surface area contributed by atoms with Gasteiger partial charge in [-0.3, -0.25) is 9.78 Å². The minimum absolute atomic E-state index is 0.119. The monoisotopic (exact) mass is 315 g/mol. The van der Waals surface area contributed by atoms with E-state index in [2.05, 4.69) is 9.97 Å². The highest BCUT2D eigenvalue weighted by molar-refractivity contribution is 5.92. The summed E-state index contributed by atoms with van der Waals surface area (Å²) in [5.41, 5.74) is 0.0442. The molecule has 2 aliphatic rings. The Kier molecular flexibility index (Phi) is 3.49. The van der Waals surface area contributed by atoms with Gasteiger partial charge >= 0.3 is 0 Å². The third-order valence-electron chi connectivity index (χ3n) is 4.54. The van der Waals surface area contributed by atoms with Crippen LogP contribution in [-0.4, -0.2) is 52.7 Å². The summed E-state index contributed by atoms with van der Waals surface area (Å²) in [4.78, 5) is 21.9. The maximum absolute atomic E-state index is 12.2. The quantitative estimate of drug-likeness (QED) is 0.848. The molecule has 120 valence electrons. The molecule has 2 saturated heterocycles. The first-order chi connectivity index (χ1) is 11.3. The van der Waals surface area contributed by atoms with E-state index >= 15 is 0 Å². The van der Waals surface area contributed by atoms with E-state index in [4.69, 9.17) is 13.9 Å². The molecule has 4 rings (SSSR count). The zero-order valence-corrected chi connectivity index (χ0v) is 12.6. The van der Waals surface area contributed by atoms with Gasteiger partial charge in [-0.2, -0.15) is 0 Å². The normalized spacial score (nSPS) is 22.1. The van der Waals surface area contributed by atoms with Gasteiger partial charge in [-0.1, -0.05) is 0 Å². The number of rotatable bonds is 4. The summed E-state index contributed by atoms with van der Waals surface area (Å²) in [6, 6.07) is 3.73. The fourth-order valence-corrected chi connectivity index (χ4v) is 3.22. The van der Waals surface area contributed by atoms with E-state index in [1.54, 1.807) is 17.3 Å². The van der Waals surface area contributed by atoms with Crippen molar-refractivity contribution in [2.45, 2.75) is 12.0 Å². The van der Waals surface area contributed by atoms with Crippen molar-refractivity contribution in [3.63, 3.8) is 0 Å². The first kappa shape index (κ1) is 14.2. The number of carbonyl (C=O) groups is 1. The number of oxazole rings is 1. The number of pyridine rings is 1. The average Bonchev–Trinajstić information content (AvgIpc) is 3.21. The highest BCUT2D eigenvalue weighted by atomic mass is 16.5. The Morgan fingerprint density at radius 1 is 1.48 bits per heavy atom. The molecule has 2 fully saturated rings. The van der Waals surface area contributed by atoms with Crippen LogP contribution in [0, 0.1) is 5.92 Å². The van der Waals surface area contributed by atoms with Crippen LogP contribution in [0.25, 0.3) is 0 Å². The van der Waals surface area contributed by atoms with E-state index in [1.807, 2.05) is 12.1 Å². The standard InChI is InChI=1S/C16H17N3O4/c20-15(14-8-21-11-18-14)19-9-16(10-19)12(3-5-23-16)7-22-13-2-1-4-17-6-13/h1-2,4,6,8,11-12H,3,5,7,9-10H2. The van der Waals surface area contributed by atoms with Gasteiger partial charge in [0.1, 0.15) is 17.6 Å². The first-order valence-corrected chi connectivity index (χ1v) is 7.61. The van der Waals surface area contributed by atoms with Crippen LogP contribution in [0.2, 0.25) is 0 Å². The Morgan fingerprint density at radius 3 is 3.13 bits per heavy atom. The Labute approximate surface area is 133 Å². The van der Waals surface area contributed by atoms with Crippen LogP contribution < -0.4 is 4.74 Å². The molecule has 7 heteroatoms. The molecule has 23 heavy (non-hydrogen) atoms. The smallest absolute Gasteiger partial charge is 0.276 e. The highest BCUT2D eigenvalue weighted by Gasteiger charge is 2.55. The first-order valence-electron chi connectivity index (χ1n) is 7.61. The molecule has 0 aromatic carbocycles. The highest BCUT2D eigenvalue weighted by Crippen LogP contribution is 2.40. The lowest BCUT2D eigenvalue weighted by Crippen LogP contribution is -2.66. The van der Waals surface area contributed by atoms with E-state index in [9.17, 15) is 4.79 Å². The van der Waals surface area contributed by atoms with Gasteiger partial charge in [0, 0.05) is 18.7 Å². The zero-order valence-electron chi connectivity index (χ0n) is 12.6. The van der Waals surface area contributed by atoms with Gasteiger partial charge < -0.3 is 18.8 Å². The van der Waals surface area contributed by atoms with Gasteiger partial charge in [-0.25, -0.2) is 4.98 Å². The van der Waals surface area contributed by atoms with Gasteiger partial charge in [0.05, 0.1) is 25.9 Å². The second-order valence-electron chi connectivity index (χ2n) is 5.93. The molecular formula is C16H17N3O4. The van der Waals surface area contributed by atoms with E-state index in [1.165, 1.54) is 12.7 Å². The summed E-state index contributed by atoms with van der Waals surface area (Å²) in [6.07, 6.45) is 6.98. The van der Waals surface area contributed by atoms with E-state index < -0.39 is 0 Å². The largest absolute Gasteiger partial charge is 0.492 e. The predicted molar refractivity (Wildman–Crippen MR) is 78.9 cm³/mol. The summed E-state index contributed by atoms with van der Waals surface area (Å²) in [5.74, 6) is 0.903. The molecule has 4 heterocycles. The zero-order chi connectivity index (χ0) is 15.7. The number of hydrogen-bond acceptors (Lipinski definition) is 6. The van der Waals surface area contributed by atoms with Gasteiger partial charge in [0.25, 0.3) is 5.91 Å². The number of likely N-dealkylation sites (tertiary alicyclic amines) is 1. The number of hydrogen-bond donors (Lipinski definition) is 0. The average molecular weight is 315 g/mol. The lowest BCUT2D eigenvalue weighted by molar-refractivity contribution is -0.122. The molecule has 2 aliphatic heterocycles. The molecule has 2 aromatic heterocycles. The molecule has 7 nitrogen and oxygen atoms in total. The van der Waals surface area contributed by atoms with Crippen LogP contribution in [0.5, 0.6) is 5.75 Å². The molecule has 0 bridgehead atoms. The second kappa shape index (κ2) is 5.66. The Morgan fingerprint density at radius 2 is 2.39 bits per heavy atom. The molecule has 1 atom stereocenters. The van der Waals surface area contributed by atoms with Crippen molar-refractivity contribution in [1.82, 2.24) is 14.9 Å². The second-order valence-corrected chi connectivity index (χ2v) is 5.93. The fraction of sp³-hybridized carbons (Fsp3) is 0.438. The molecule has 1 spiro atoms. The van der Waals surface area contributed by atoms with Crippen molar-refractivity contribution in [1.29, 1.82) is 0 Å². The van der Waals surface area contributed by atoms with Gasteiger partial charge in [0.15, 0.2) is 12.1 Å². The predicted octanol–water partition coefficient (Wildman–Crippen LogP) is 1.38.